The maximum atomic E-state index is 12.7. The van der Waals surface area contributed by atoms with Crippen molar-refractivity contribution < 1.29 is 4.92 Å². The summed E-state index contributed by atoms with van der Waals surface area (Å²) < 4.78 is 1.52. The smallest absolute Gasteiger partial charge is 0.270 e. The number of nitro groups is 1. The largest absolute Gasteiger partial charge is 0.277 e. The highest BCUT2D eigenvalue weighted by Gasteiger charge is 2.12. The Bertz CT molecular complexity index is 1100. The standard InChI is InChI=1S/C20H21N5O3/c1-3-8-17(14-9-7-10-15(13-14)25(27)28)22-23-20-21-18-12-6-5-11-16(18)19(26)24(20)4-2/h5-7,9-13H,3-4,8H2,1-2H3,(H,21,23)/b22-17-. The molecule has 2 aromatic carbocycles. The molecular weight excluding hydrogens is 358 g/mol. The van der Waals surface area contributed by atoms with Crippen LogP contribution in [-0.4, -0.2) is 20.2 Å². The Morgan fingerprint density at radius 2 is 2.00 bits per heavy atom. The van der Waals surface area contributed by atoms with E-state index in [1.807, 2.05) is 19.9 Å². The van der Waals surface area contributed by atoms with Crippen molar-refractivity contribution in [3.63, 3.8) is 0 Å². The van der Waals surface area contributed by atoms with Gasteiger partial charge in [-0.15, -0.1) is 0 Å². The van der Waals surface area contributed by atoms with Crippen molar-refractivity contribution in [2.45, 2.75) is 33.2 Å². The van der Waals surface area contributed by atoms with E-state index >= 15 is 0 Å². The van der Waals surface area contributed by atoms with Crippen LogP contribution in [0.3, 0.4) is 0 Å². The molecule has 8 nitrogen and oxygen atoms in total. The maximum absolute atomic E-state index is 12.7. The quantitative estimate of drug-likeness (QED) is 0.380. The van der Waals surface area contributed by atoms with Crippen LogP contribution in [-0.2, 0) is 6.54 Å². The second kappa shape index (κ2) is 8.43. The third kappa shape index (κ3) is 3.90. The van der Waals surface area contributed by atoms with E-state index < -0.39 is 4.92 Å². The van der Waals surface area contributed by atoms with Crippen LogP contribution >= 0.6 is 0 Å². The minimum absolute atomic E-state index is 0.00981. The summed E-state index contributed by atoms with van der Waals surface area (Å²) in [6.07, 6.45) is 1.44. The number of hydrogen-bond donors (Lipinski definition) is 1. The molecule has 0 saturated carbocycles. The lowest BCUT2D eigenvalue weighted by atomic mass is 10.1. The molecular formula is C20H21N5O3. The second-order valence-electron chi connectivity index (χ2n) is 6.23. The topological polar surface area (TPSA) is 102 Å². The first-order chi connectivity index (χ1) is 13.5. The Labute approximate surface area is 161 Å². The molecule has 3 rings (SSSR count). The van der Waals surface area contributed by atoms with Gasteiger partial charge >= 0.3 is 0 Å². The molecule has 0 unspecified atom stereocenters. The van der Waals surface area contributed by atoms with Gasteiger partial charge in [0.15, 0.2) is 0 Å². The monoisotopic (exact) mass is 379 g/mol. The molecule has 0 aliphatic rings. The molecule has 8 heteroatoms. The normalized spacial score (nSPS) is 11.6. The van der Waals surface area contributed by atoms with Crippen LogP contribution < -0.4 is 11.0 Å². The fourth-order valence-corrected chi connectivity index (χ4v) is 2.96. The molecule has 1 aromatic heterocycles. The van der Waals surface area contributed by atoms with Gasteiger partial charge < -0.3 is 0 Å². The fourth-order valence-electron chi connectivity index (χ4n) is 2.96. The molecule has 0 aliphatic heterocycles. The number of hydrazone groups is 1. The average Bonchev–Trinajstić information content (AvgIpc) is 2.71. The van der Waals surface area contributed by atoms with Crippen molar-refractivity contribution in [3.05, 3.63) is 74.6 Å². The number of aromatic nitrogens is 2. The maximum Gasteiger partial charge on any atom is 0.270 e. The van der Waals surface area contributed by atoms with Crippen LogP contribution in [0, 0.1) is 10.1 Å². The highest BCUT2D eigenvalue weighted by molar-refractivity contribution is 6.01. The third-order valence-corrected chi connectivity index (χ3v) is 4.35. The summed E-state index contributed by atoms with van der Waals surface area (Å²) in [5.41, 5.74) is 4.68. The summed E-state index contributed by atoms with van der Waals surface area (Å²) in [7, 11) is 0. The van der Waals surface area contributed by atoms with Crippen LogP contribution in [0.2, 0.25) is 0 Å². The number of hydrogen-bond acceptors (Lipinski definition) is 6. The zero-order valence-corrected chi connectivity index (χ0v) is 15.8. The molecule has 0 atom stereocenters. The molecule has 0 saturated heterocycles. The Morgan fingerprint density at radius 1 is 1.21 bits per heavy atom. The van der Waals surface area contributed by atoms with E-state index in [2.05, 4.69) is 15.5 Å². The Morgan fingerprint density at radius 3 is 2.71 bits per heavy atom. The highest BCUT2D eigenvalue weighted by Crippen LogP contribution is 2.17. The molecule has 0 aliphatic carbocycles. The van der Waals surface area contributed by atoms with Gasteiger partial charge in [-0.25, -0.2) is 10.4 Å². The van der Waals surface area contributed by atoms with E-state index in [1.165, 1.54) is 16.7 Å². The first-order valence-electron chi connectivity index (χ1n) is 9.12. The van der Waals surface area contributed by atoms with Crippen LogP contribution in [0.4, 0.5) is 11.6 Å². The van der Waals surface area contributed by atoms with Gasteiger partial charge in [0.25, 0.3) is 11.2 Å². The molecule has 3 aromatic rings. The van der Waals surface area contributed by atoms with Crippen molar-refractivity contribution in [2.24, 2.45) is 5.10 Å². The number of anilines is 1. The molecule has 0 fully saturated rings. The van der Waals surface area contributed by atoms with E-state index in [0.717, 1.165) is 6.42 Å². The first kappa shape index (κ1) is 19.2. The highest BCUT2D eigenvalue weighted by atomic mass is 16.6. The molecule has 0 amide bonds. The van der Waals surface area contributed by atoms with Crippen LogP contribution in [0.15, 0.2) is 58.4 Å². The molecule has 0 spiro atoms. The summed E-state index contributed by atoms with van der Waals surface area (Å²) in [4.78, 5) is 27.8. The number of para-hydroxylation sites is 1. The van der Waals surface area contributed by atoms with Gasteiger partial charge in [-0.3, -0.25) is 19.5 Å². The minimum atomic E-state index is -0.430. The number of rotatable bonds is 7. The van der Waals surface area contributed by atoms with Gasteiger partial charge in [-0.05, 0) is 25.5 Å². The number of non-ortho nitro benzene ring substituents is 1. The lowest BCUT2D eigenvalue weighted by Gasteiger charge is -2.12. The average molecular weight is 379 g/mol. The Balaban J connectivity index is 2.03. The van der Waals surface area contributed by atoms with E-state index in [0.29, 0.717) is 41.1 Å². The molecule has 144 valence electrons. The van der Waals surface area contributed by atoms with Gasteiger partial charge in [0.2, 0.25) is 5.95 Å². The predicted octanol–water partition coefficient (Wildman–Crippen LogP) is 3.94. The zero-order chi connectivity index (χ0) is 20.1. The van der Waals surface area contributed by atoms with Crippen molar-refractivity contribution >= 4 is 28.3 Å². The van der Waals surface area contributed by atoms with Gasteiger partial charge in [-0.2, -0.15) is 5.10 Å². The summed E-state index contributed by atoms with van der Waals surface area (Å²) in [6, 6.07) is 13.5. The number of fused-ring (bicyclic) bond motifs is 1. The summed E-state index contributed by atoms with van der Waals surface area (Å²) in [5, 5.41) is 16.0. The number of nitrogens with one attached hydrogen (secondary N) is 1. The zero-order valence-electron chi connectivity index (χ0n) is 15.8. The Kier molecular flexibility index (Phi) is 5.78. The molecule has 28 heavy (non-hydrogen) atoms. The summed E-state index contributed by atoms with van der Waals surface area (Å²) in [6.45, 7) is 4.30. The van der Waals surface area contributed by atoms with E-state index in [4.69, 9.17) is 0 Å². The lowest BCUT2D eigenvalue weighted by molar-refractivity contribution is -0.384. The second-order valence-corrected chi connectivity index (χ2v) is 6.23. The SMILES string of the molecule is CCC/C(=N/Nc1nc2ccccc2c(=O)n1CC)c1cccc([N+](=O)[O-])c1. The van der Waals surface area contributed by atoms with Crippen LogP contribution in [0.25, 0.3) is 10.9 Å². The third-order valence-electron chi connectivity index (χ3n) is 4.35. The summed E-state index contributed by atoms with van der Waals surface area (Å²) in [5.74, 6) is 0.338. The Hall–Kier alpha value is -3.55. The van der Waals surface area contributed by atoms with Crippen molar-refractivity contribution in [1.82, 2.24) is 9.55 Å². The molecule has 0 radical (unpaired) electrons. The van der Waals surface area contributed by atoms with Gasteiger partial charge in [0, 0.05) is 24.2 Å². The van der Waals surface area contributed by atoms with Crippen LogP contribution in [0.5, 0.6) is 0 Å². The molecule has 1 heterocycles. The lowest BCUT2D eigenvalue weighted by Crippen LogP contribution is -2.23. The van der Waals surface area contributed by atoms with E-state index in [1.54, 1.807) is 30.3 Å². The molecule has 1 N–H and O–H groups in total. The molecule has 0 bridgehead atoms. The van der Waals surface area contributed by atoms with Gasteiger partial charge in [-0.1, -0.05) is 37.6 Å². The van der Waals surface area contributed by atoms with Crippen molar-refractivity contribution in [1.29, 1.82) is 0 Å². The number of nitrogens with zero attached hydrogens (tertiary/aromatic N) is 4. The van der Waals surface area contributed by atoms with Crippen molar-refractivity contribution in [2.75, 3.05) is 5.43 Å². The first-order valence-corrected chi connectivity index (χ1v) is 9.12. The number of nitro benzene ring substituents is 1. The summed E-state index contributed by atoms with van der Waals surface area (Å²) >= 11 is 0. The predicted molar refractivity (Wildman–Crippen MR) is 110 cm³/mol. The van der Waals surface area contributed by atoms with E-state index in [9.17, 15) is 14.9 Å². The fraction of sp³-hybridized carbons (Fsp3) is 0.250. The number of benzene rings is 2. The van der Waals surface area contributed by atoms with Gasteiger partial charge in [0.1, 0.15) is 0 Å². The van der Waals surface area contributed by atoms with Gasteiger partial charge in [0.05, 0.1) is 21.5 Å². The van der Waals surface area contributed by atoms with Crippen molar-refractivity contribution in [3.8, 4) is 0 Å². The minimum Gasteiger partial charge on any atom is -0.277 e. The van der Waals surface area contributed by atoms with E-state index in [-0.39, 0.29) is 11.2 Å². The van der Waals surface area contributed by atoms with Crippen LogP contribution in [0.1, 0.15) is 32.3 Å².